The van der Waals surface area contributed by atoms with Crippen LogP contribution in [0.1, 0.15) is 13.3 Å². The Kier molecular flexibility index (Phi) is 4.97. The third kappa shape index (κ3) is 3.10. The van der Waals surface area contributed by atoms with Crippen molar-refractivity contribution < 1.29 is 19.4 Å². The lowest BCUT2D eigenvalue weighted by molar-refractivity contribution is -0.122. The Morgan fingerprint density at radius 1 is 1.60 bits per heavy atom. The van der Waals surface area contributed by atoms with E-state index in [0.29, 0.717) is 31.9 Å². The molecule has 7 heteroatoms. The number of allylic oxidation sites excluding steroid dienone is 1. The number of dihydropyridines is 1. The Morgan fingerprint density at radius 3 is 3.15 bits per heavy atom. The fraction of sp³-hybridized carbons (Fsp3) is 0.462. The van der Waals surface area contributed by atoms with E-state index in [-0.39, 0.29) is 11.3 Å². The summed E-state index contributed by atoms with van der Waals surface area (Å²) in [5.41, 5.74) is 0.233. The van der Waals surface area contributed by atoms with Crippen molar-refractivity contribution in [3.8, 4) is 0 Å². The molecule has 0 fully saturated rings. The summed E-state index contributed by atoms with van der Waals surface area (Å²) < 4.78 is 5.15. The van der Waals surface area contributed by atoms with Crippen LogP contribution in [0.2, 0.25) is 0 Å². The molecule has 0 aliphatic carbocycles. The van der Waals surface area contributed by atoms with Crippen molar-refractivity contribution >= 4 is 29.3 Å². The molecule has 2 rings (SSSR count). The average molecular weight is 296 g/mol. The molecule has 2 aliphatic rings. The highest BCUT2D eigenvalue weighted by atomic mass is 32.2. The summed E-state index contributed by atoms with van der Waals surface area (Å²) in [5.74, 6) is -1.49. The monoisotopic (exact) mass is 296 g/mol. The van der Waals surface area contributed by atoms with Crippen LogP contribution in [0.25, 0.3) is 0 Å². The van der Waals surface area contributed by atoms with Gasteiger partial charge in [-0.15, -0.1) is 11.8 Å². The highest BCUT2D eigenvalue weighted by Crippen LogP contribution is 2.32. The minimum atomic E-state index is -0.691. The number of thioether (sulfide) groups is 1. The van der Waals surface area contributed by atoms with E-state index in [1.165, 1.54) is 11.8 Å². The van der Waals surface area contributed by atoms with Crippen LogP contribution in [0, 0.1) is 0 Å². The molecule has 0 aromatic carbocycles. The molecule has 2 amide bonds. The summed E-state index contributed by atoms with van der Waals surface area (Å²) in [6.45, 7) is 3.45. The molecule has 0 aromatic rings. The van der Waals surface area contributed by atoms with Gasteiger partial charge in [0.15, 0.2) is 0 Å². The van der Waals surface area contributed by atoms with Gasteiger partial charge in [-0.05, 0) is 24.8 Å². The molecule has 2 N–H and O–H groups in total. The van der Waals surface area contributed by atoms with Gasteiger partial charge in [-0.3, -0.25) is 9.59 Å². The molecular formula is C13H16N2O4S. The van der Waals surface area contributed by atoms with E-state index in [9.17, 15) is 14.7 Å². The van der Waals surface area contributed by atoms with Crippen LogP contribution in [0.4, 0.5) is 0 Å². The highest BCUT2D eigenvalue weighted by molar-refractivity contribution is 8.04. The van der Waals surface area contributed by atoms with Crippen molar-refractivity contribution in [1.29, 1.82) is 0 Å². The van der Waals surface area contributed by atoms with E-state index in [4.69, 9.17) is 4.74 Å². The van der Waals surface area contributed by atoms with Crippen molar-refractivity contribution in [3.05, 3.63) is 22.8 Å². The molecule has 1 atom stereocenters. The minimum absolute atomic E-state index is 0.211. The number of ether oxygens (including phenoxy) is 1. The fourth-order valence-corrected chi connectivity index (χ4v) is 2.77. The lowest BCUT2D eigenvalue weighted by Gasteiger charge is -2.18. The quantitative estimate of drug-likeness (QED) is 0.563. The van der Waals surface area contributed by atoms with Crippen LogP contribution in [-0.4, -0.2) is 47.6 Å². The van der Waals surface area contributed by atoms with Gasteiger partial charge in [0, 0.05) is 19.8 Å². The van der Waals surface area contributed by atoms with Gasteiger partial charge in [0.2, 0.25) is 0 Å². The first kappa shape index (κ1) is 14.8. The molecule has 0 radical (unpaired) electrons. The number of carbonyl (C=O) groups is 2. The summed E-state index contributed by atoms with van der Waals surface area (Å²) in [5, 5.41) is 14.0. The molecule has 0 saturated heterocycles. The number of aliphatic imine (C=N–C) groups is 1. The maximum absolute atomic E-state index is 12.0. The largest absolute Gasteiger partial charge is 0.510 e. The van der Waals surface area contributed by atoms with Gasteiger partial charge in [0.1, 0.15) is 16.6 Å². The molecule has 20 heavy (non-hydrogen) atoms. The molecule has 2 aliphatic heterocycles. The molecular weight excluding hydrogens is 280 g/mol. The number of nitrogens with zero attached hydrogens (tertiary/aromatic N) is 1. The van der Waals surface area contributed by atoms with Gasteiger partial charge in [-0.25, -0.2) is 4.99 Å². The van der Waals surface area contributed by atoms with Gasteiger partial charge < -0.3 is 15.2 Å². The van der Waals surface area contributed by atoms with E-state index in [1.54, 1.807) is 11.5 Å². The third-order valence-electron chi connectivity index (χ3n) is 2.85. The van der Waals surface area contributed by atoms with Gasteiger partial charge in [0.25, 0.3) is 11.8 Å². The van der Waals surface area contributed by atoms with Crippen molar-refractivity contribution in [2.75, 3.05) is 19.8 Å². The second kappa shape index (κ2) is 6.71. The smallest absolute Gasteiger partial charge is 0.286 e. The van der Waals surface area contributed by atoms with Crippen molar-refractivity contribution in [1.82, 2.24) is 5.32 Å². The van der Waals surface area contributed by atoms with Crippen molar-refractivity contribution in [2.45, 2.75) is 18.6 Å². The number of carbonyl (C=O) groups excluding carboxylic acids is 2. The second-order valence-electron chi connectivity index (χ2n) is 4.23. The Bertz CT molecular complexity index is 511. The van der Waals surface area contributed by atoms with E-state index in [0.717, 1.165) is 0 Å². The molecule has 108 valence electrons. The Morgan fingerprint density at radius 2 is 2.40 bits per heavy atom. The van der Waals surface area contributed by atoms with Crippen LogP contribution in [-0.2, 0) is 14.3 Å². The van der Waals surface area contributed by atoms with Gasteiger partial charge in [0.05, 0.1) is 5.71 Å². The first-order chi connectivity index (χ1) is 9.65. The third-order valence-corrected chi connectivity index (χ3v) is 3.88. The zero-order chi connectivity index (χ0) is 14.5. The van der Waals surface area contributed by atoms with Crippen LogP contribution < -0.4 is 5.32 Å². The second-order valence-corrected chi connectivity index (χ2v) is 5.24. The van der Waals surface area contributed by atoms with Crippen molar-refractivity contribution in [2.24, 2.45) is 4.99 Å². The fourth-order valence-electron chi connectivity index (χ4n) is 1.88. The number of nitrogens with one attached hydrogen (secondary N) is 1. The summed E-state index contributed by atoms with van der Waals surface area (Å²) in [7, 11) is 0. The van der Waals surface area contributed by atoms with Crippen LogP contribution >= 0.6 is 11.8 Å². The maximum Gasteiger partial charge on any atom is 0.286 e. The first-order valence-corrected chi connectivity index (χ1v) is 7.33. The zero-order valence-electron chi connectivity index (χ0n) is 11.1. The summed E-state index contributed by atoms with van der Waals surface area (Å²) in [6.07, 6.45) is 2.32. The maximum atomic E-state index is 12.0. The summed E-state index contributed by atoms with van der Waals surface area (Å²) >= 11 is 1.32. The van der Waals surface area contributed by atoms with Gasteiger partial charge >= 0.3 is 0 Å². The predicted molar refractivity (Wildman–Crippen MR) is 76.7 cm³/mol. The molecule has 0 spiro atoms. The standard InChI is InChI=1S/C13H16N2O4S/c1-2-19-6-3-5-14-12(17)9-10(16)11-8(4-7-20-11)15-13(9)18/h4,7,11,16H,2-3,5-6H2,1H3,(H,14,17). The number of hydrogen-bond donors (Lipinski definition) is 2. The Hall–Kier alpha value is -1.60. The van der Waals surface area contributed by atoms with Crippen molar-refractivity contribution in [3.63, 3.8) is 0 Å². The lowest BCUT2D eigenvalue weighted by atomic mass is 10.1. The minimum Gasteiger partial charge on any atom is -0.510 e. The predicted octanol–water partition coefficient (Wildman–Crippen LogP) is 0.952. The molecule has 1 unspecified atom stereocenters. The molecule has 0 aromatic heterocycles. The molecule has 0 saturated carbocycles. The average Bonchev–Trinajstić information content (AvgIpc) is 2.87. The Balaban J connectivity index is 1.95. The van der Waals surface area contributed by atoms with Crippen LogP contribution in [0.3, 0.4) is 0 Å². The number of rotatable bonds is 6. The number of amides is 2. The number of aliphatic hydroxyl groups is 1. The van der Waals surface area contributed by atoms with Crippen LogP contribution in [0.5, 0.6) is 0 Å². The van der Waals surface area contributed by atoms with Gasteiger partial charge in [-0.2, -0.15) is 0 Å². The number of aliphatic hydroxyl groups excluding tert-OH is 1. The zero-order valence-corrected chi connectivity index (χ0v) is 11.9. The summed E-state index contributed by atoms with van der Waals surface area (Å²) in [4.78, 5) is 27.6. The highest BCUT2D eigenvalue weighted by Gasteiger charge is 2.36. The molecule has 6 nitrogen and oxygen atoms in total. The van der Waals surface area contributed by atoms with E-state index >= 15 is 0 Å². The lowest BCUT2D eigenvalue weighted by Crippen LogP contribution is -2.35. The van der Waals surface area contributed by atoms with Crippen LogP contribution in [0.15, 0.2) is 27.8 Å². The number of fused-ring (bicyclic) bond motifs is 1. The number of hydrogen-bond acceptors (Lipinski definition) is 5. The molecule has 2 heterocycles. The van der Waals surface area contributed by atoms with E-state index < -0.39 is 17.1 Å². The summed E-state index contributed by atoms with van der Waals surface area (Å²) in [6, 6.07) is 0. The molecule has 0 bridgehead atoms. The topological polar surface area (TPSA) is 88.0 Å². The van der Waals surface area contributed by atoms with E-state index in [1.807, 2.05) is 6.92 Å². The normalized spacial score (nSPS) is 20.9. The Labute approximate surface area is 121 Å². The van der Waals surface area contributed by atoms with E-state index in [2.05, 4.69) is 10.3 Å². The SMILES string of the molecule is CCOCCCNC(=O)C1=C(O)C2SC=CC2=NC1=O. The first-order valence-electron chi connectivity index (χ1n) is 6.39. The van der Waals surface area contributed by atoms with Gasteiger partial charge in [-0.1, -0.05) is 0 Å².